The lowest BCUT2D eigenvalue weighted by molar-refractivity contribution is 0.216. The van der Waals surface area contributed by atoms with Gasteiger partial charge >= 0.3 is 0 Å². The van der Waals surface area contributed by atoms with Crippen molar-refractivity contribution < 1.29 is 4.52 Å². The molecule has 2 nitrogen and oxygen atoms in total. The molecule has 74 valence electrons. The van der Waals surface area contributed by atoms with Crippen LogP contribution in [0.2, 0.25) is 0 Å². The van der Waals surface area contributed by atoms with Gasteiger partial charge in [-0.15, -0.1) is 0 Å². The van der Waals surface area contributed by atoms with Crippen molar-refractivity contribution in [2.45, 2.75) is 25.0 Å². The summed E-state index contributed by atoms with van der Waals surface area (Å²) in [5.41, 5.74) is 1.34. The summed E-state index contributed by atoms with van der Waals surface area (Å²) >= 11 is 0. The normalized spacial score (nSPS) is 33.7. The van der Waals surface area contributed by atoms with Gasteiger partial charge in [0, 0.05) is 12.6 Å². The Morgan fingerprint density at radius 1 is 1.29 bits per heavy atom. The first-order chi connectivity index (χ1) is 6.95. The molecule has 2 aliphatic rings. The van der Waals surface area contributed by atoms with Crippen molar-refractivity contribution in [3.05, 3.63) is 35.9 Å². The summed E-state index contributed by atoms with van der Waals surface area (Å²) in [6, 6.07) is 11.3. The van der Waals surface area contributed by atoms with Gasteiger partial charge in [-0.1, -0.05) is 30.3 Å². The van der Waals surface area contributed by atoms with Crippen LogP contribution in [0.15, 0.2) is 30.3 Å². The highest BCUT2D eigenvalue weighted by atomic mass is 31.1. The van der Waals surface area contributed by atoms with Crippen molar-refractivity contribution >= 4 is 8.96 Å². The minimum Gasteiger partial charge on any atom is -0.337 e. The highest BCUT2D eigenvalue weighted by Gasteiger charge is 2.39. The van der Waals surface area contributed by atoms with Crippen molar-refractivity contribution in [3.63, 3.8) is 0 Å². The Balaban J connectivity index is 1.86. The van der Waals surface area contributed by atoms with Crippen LogP contribution in [0.3, 0.4) is 0 Å². The van der Waals surface area contributed by atoms with Crippen LogP contribution in [-0.4, -0.2) is 17.3 Å². The zero-order chi connectivity index (χ0) is 9.38. The molecule has 0 radical (unpaired) electrons. The molecular formula is C11H14NOP. The van der Waals surface area contributed by atoms with Crippen molar-refractivity contribution in [1.82, 2.24) is 4.67 Å². The third-order valence-electron chi connectivity index (χ3n) is 3.07. The van der Waals surface area contributed by atoms with Crippen molar-refractivity contribution in [1.29, 1.82) is 0 Å². The van der Waals surface area contributed by atoms with Gasteiger partial charge in [0.1, 0.15) is 6.10 Å². The Hall–Kier alpha value is -0.430. The molecule has 1 unspecified atom stereocenters. The predicted molar refractivity (Wildman–Crippen MR) is 58.3 cm³/mol. The van der Waals surface area contributed by atoms with E-state index < -0.39 is 0 Å². The van der Waals surface area contributed by atoms with Gasteiger partial charge in [0.2, 0.25) is 0 Å². The fourth-order valence-electron chi connectivity index (χ4n) is 2.36. The smallest absolute Gasteiger partial charge is 0.104 e. The zero-order valence-electron chi connectivity index (χ0n) is 8.02. The maximum Gasteiger partial charge on any atom is 0.104 e. The van der Waals surface area contributed by atoms with E-state index in [2.05, 4.69) is 35.0 Å². The maximum atomic E-state index is 5.86. The average Bonchev–Trinajstić information content (AvgIpc) is 2.79. The summed E-state index contributed by atoms with van der Waals surface area (Å²) in [4.78, 5) is 0. The molecule has 1 aromatic rings. The molecule has 2 aliphatic heterocycles. The highest BCUT2D eigenvalue weighted by Crippen LogP contribution is 2.48. The number of fused-ring (bicyclic) bond motifs is 1. The van der Waals surface area contributed by atoms with E-state index in [9.17, 15) is 0 Å². The monoisotopic (exact) mass is 207 g/mol. The molecule has 3 heteroatoms. The first-order valence-corrected chi connectivity index (χ1v) is 6.03. The van der Waals surface area contributed by atoms with Crippen molar-refractivity contribution in [2.24, 2.45) is 0 Å². The number of hydrogen-bond acceptors (Lipinski definition) is 2. The van der Waals surface area contributed by atoms with Crippen LogP contribution >= 0.6 is 8.96 Å². The van der Waals surface area contributed by atoms with Gasteiger partial charge < -0.3 is 4.52 Å². The van der Waals surface area contributed by atoms with Crippen LogP contribution < -0.4 is 0 Å². The largest absolute Gasteiger partial charge is 0.337 e. The zero-order valence-corrected chi connectivity index (χ0v) is 9.02. The SMILES string of the molecule is c1ccc([C@@H]2OPN3CCC[C@H]23)cc1. The van der Waals surface area contributed by atoms with Crippen LogP contribution in [0.1, 0.15) is 24.5 Å². The first kappa shape index (κ1) is 8.84. The van der Waals surface area contributed by atoms with Crippen LogP contribution in [0.4, 0.5) is 0 Å². The lowest BCUT2D eigenvalue weighted by atomic mass is 10.0. The molecule has 0 aliphatic carbocycles. The fraction of sp³-hybridized carbons (Fsp3) is 0.455. The second-order valence-electron chi connectivity index (χ2n) is 3.94. The van der Waals surface area contributed by atoms with Gasteiger partial charge in [-0.2, -0.15) is 0 Å². The third kappa shape index (κ3) is 1.38. The molecular weight excluding hydrogens is 193 g/mol. The van der Waals surface area contributed by atoms with Crippen LogP contribution in [0.25, 0.3) is 0 Å². The molecule has 0 amide bonds. The predicted octanol–water partition coefficient (Wildman–Crippen LogP) is 2.73. The number of hydrogen-bond donors (Lipinski definition) is 0. The summed E-state index contributed by atoms with van der Waals surface area (Å²) in [5.74, 6) is 0. The van der Waals surface area contributed by atoms with E-state index in [0.29, 0.717) is 21.1 Å². The summed E-state index contributed by atoms with van der Waals surface area (Å²) in [7, 11) is 0.582. The molecule has 0 aromatic heterocycles. The number of rotatable bonds is 1. The van der Waals surface area contributed by atoms with E-state index in [4.69, 9.17) is 4.52 Å². The number of nitrogens with zero attached hydrogens (tertiary/aromatic N) is 1. The van der Waals surface area contributed by atoms with Gasteiger partial charge in [-0.25, -0.2) is 0 Å². The first-order valence-electron chi connectivity index (χ1n) is 5.18. The molecule has 2 heterocycles. The van der Waals surface area contributed by atoms with Gasteiger partial charge in [0.25, 0.3) is 0 Å². The Kier molecular flexibility index (Phi) is 2.28. The van der Waals surface area contributed by atoms with Crippen molar-refractivity contribution in [2.75, 3.05) is 6.54 Å². The van der Waals surface area contributed by atoms with Crippen LogP contribution in [-0.2, 0) is 4.52 Å². The summed E-state index contributed by atoms with van der Waals surface area (Å²) in [5, 5.41) is 0. The molecule has 0 bridgehead atoms. The fourth-order valence-corrected chi connectivity index (χ4v) is 3.55. The van der Waals surface area contributed by atoms with E-state index in [0.717, 1.165) is 0 Å². The van der Waals surface area contributed by atoms with Crippen LogP contribution in [0.5, 0.6) is 0 Å². The van der Waals surface area contributed by atoms with E-state index >= 15 is 0 Å². The summed E-state index contributed by atoms with van der Waals surface area (Å²) in [6.45, 7) is 1.23. The number of benzene rings is 1. The topological polar surface area (TPSA) is 12.5 Å². The lowest BCUT2D eigenvalue weighted by Crippen LogP contribution is -2.21. The third-order valence-corrected chi connectivity index (χ3v) is 4.22. The molecule has 2 fully saturated rings. The van der Waals surface area contributed by atoms with E-state index in [1.807, 2.05) is 0 Å². The molecule has 3 atom stereocenters. The Bertz CT molecular complexity index is 316. The Labute approximate surface area is 86.2 Å². The van der Waals surface area contributed by atoms with Gasteiger partial charge in [0.05, 0.1) is 8.96 Å². The van der Waals surface area contributed by atoms with E-state index in [-0.39, 0.29) is 0 Å². The molecule has 2 saturated heterocycles. The van der Waals surface area contributed by atoms with Crippen LogP contribution in [0, 0.1) is 0 Å². The quantitative estimate of drug-likeness (QED) is 0.656. The summed E-state index contributed by atoms with van der Waals surface area (Å²) in [6.07, 6.45) is 2.97. The van der Waals surface area contributed by atoms with Crippen molar-refractivity contribution in [3.8, 4) is 0 Å². The van der Waals surface area contributed by atoms with Gasteiger partial charge in [-0.05, 0) is 18.4 Å². The van der Waals surface area contributed by atoms with Gasteiger partial charge in [-0.3, -0.25) is 4.67 Å². The standard InChI is InChI=1S/C11H14NOP/c1-2-5-9(6-3-1)11-10-7-4-8-12(10)14-13-11/h1-3,5-6,10-11,14H,4,7-8H2/t10-,11+/m1/s1. The molecule has 14 heavy (non-hydrogen) atoms. The lowest BCUT2D eigenvalue weighted by Gasteiger charge is -2.17. The van der Waals surface area contributed by atoms with Gasteiger partial charge in [0.15, 0.2) is 0 Å². The second kappa shape index (κ2) is 3.62. The second-order valence-corrected chi connectivity index (χ2v) is 4.94. The average molecular weight is 207 g/mol. The molecule has 0 spiro atoms. The minimum absolute atomic E-state index is 0.331. The maximum absolute atomic E-state index is 5.86. The molecule has 3 rings (SSSR count). The molecule has 0 saturated carbocycles. The van der Waals surface area contributed by atoms with E-state index in [1.54, 1.807) is 0 Å². The highest BCUT2D eigenvalue weighted by molar-refractivity contribution is 7.29. The Morgan fingerprint density at radius 3 is 3.00 bits per heavy atom. The molecule has 0 N–H and O–H groups in total. The van der Waals surface area contributed by atoms with E-state index in [1.165, 1.54) is 24.9 Å². The molecule has 1 aromatic carbocycles. The Morgan fingerprint density at radius 2 is 2.14 bits per heavy atom. The summed E-state index contributed by atoms with van der Waals surface area (Å²) < 4.78 is 8.34. The minimum atomic E-state index is 0.331.